The Balaban J connectivity index is 1.92. The zero-order valence-corrected chi connectivity index (χ0v) is 9.89. The number of carboxylic acid groups (broad SMARTS) is 1. The van der Waals surface area contributed by atoms with E-state index in [1.54, 1.807) is 0 Å². The summed E-state index contributed by atoms with van der Waals surface area (Å²) in [6, 6.07) is -0.755. The number of aliphatic carboxylic acids is 1. The highest BCUT2D eigenvalue weighted by molar-refractivity contribution is 5.72. The summed E-state index contributed by atoms with van der Waals surface area (Å²) in [5.74, 6) is -0.135. The molecule has 0 amide bonds. The molecule has 1 unspecified atom stereocenters. The molecule has 0 aromatic heterocycles. The topological polar surface area (TPSA) is 75.8 Å². The van der Waals surface area contributed by atoms with E-state index in [0.717, 1.165) is 25.7 Å². The number of carboxylic acids is 1. The number of likely N-dealkylation sites (N-methyl/N-ethyl adjacent to an activating group) is 1. The minimum absolute atomic E-state index is 0.481. The molecular weight excluding hydrogens is 208 g/mol. The molecule has 0 heterocycles. The van der Waals surface area contributed by atoms with Crippen molar-refractivity contribution >= 4 is 5.97 Å². The Hall–Kier alpha value is -0.650. The van der Waals surface area contributed by atoms with E-state index < -0.39 is 12.0 Å². The summed E-state index contributed by atoms with van der Waals surface area (Å²) >= 11 is 0. The fourth-order valence-corrected chi connectivity index (χ4v) is 1.35. The Morgan fingerprint density at radius 1 is 1.56 bits per heavy atom. The number of hydrogen-bond acceptors (Lipinski definition) is 4. The molecule has 1 fully saturated rings. The summed E-state index contributed by atoms with van der Waals surface area (Å²) in [6.07, 6.45) is 3.10. The molecule has 0 aromatic carbocycles. The van der Waals surface area contributed by atoms with Crippen molar-refractivity contribution in [2.75, 3.05) is 33.4 Å². The Bertz CT molecular complexity index is 219. The molecule has 1 aliphatic carbocycles. The van der Waals surface area contributed by atoms with Crippen LogP contribution in [0.25, 0.3) is 0 Å². The fraction of sp³-hybridized carbons (Fsp3) is 0.909. The summed E-state index contributed by atoms with van der Waals surface area (Å²) in [5.41, 5.74) is 5.41. The molecule has 0 spiro atoms. The molecule has 0 aliphatic heterocycles. The molecule has 1 rings (SSSR count). The van der Waals surface area contributed by atoms with Gasteiger partial charge in [-0.05, 0) is 38.8 Å². The summed E-state index contributed by atoms with van der Waals surface area (Å²) in [6.45, 7) is 3.12. The standard InChI is InChI=1S/C11H22N2O3/c1-13(5-4-10(12)11(14)15)6-7-16-8-9-2-3-9/h9-10H,2-8,12H2,1H3,(H,14,15). The Morgan fingerprint density at radius 2 is 2.25 bits per heavy atom. The van der Waals surface area contributed by atoms with Crippen molar-refractivity contribution in [3.63, 3.8) is 0 Å². The molecule has 1 atom stereocenters. The van der Waals surface area contributed by atoms with E-state index in [0.29, 0.717) is 13.0 Å². The molecule has 94 valence electrons. The summed E-state index contributed by atoms with van der Waals surface area (Å²) < 4.78 is 5.49. The molecule has 0 radical (unpaired) electrons. The van der Waals surface area contributed by atoms with Gasteiger partial charge in [0.1, 0.15) is 6.04 Å². The van der Waals surface area contributed by atoms with Crippen LogP contribution in [0.1, 0.15) is 19.3 Å². The predicted octanol–water partition coefficient (Wildman–Crippen LogP) is 0.147. The predicted molar refractivity (Wildman–Crippen MR) is 61.3 cm³/mol. The van der Waals surface area contributed by atoms with Crippen molar-refractivity contribution in [3.05, 3.63) is 0 Å². The van der Waals surface area contributed by atoms with Gasteiger partial charge in [0.25, 0.3) is 0 Å². The summed E-state index contributed by atoms with van der Waals surface area (Å²) in [4.78, 5) is 12.5. The molecule has 1 saturated carbocycles. The van der Waals surface area contributed by atoms with Crippen molar-refractivity contribution in [2.45, 2.75) is 25.3 Å². The lowest BCUT2D eigenvalue weighted by Gasteiger charge is -2.17. The lowest BCUT2D eigenvalue weighted by molar-refractivity contribution is -0.138. The van der Waals surface area contributed by atoms with Crippen molar-refractivity contribution < 1.29 is 14.6 Å². The highest BCUT2D eigenvalue weighted by atomic mass is 16.5. The van der Waals surface area contributed by atoms with Crippen LogP contribution < -0.4 is 5.73 Å². The maximum absolute atomic E-state index is 10.5. The van der Waals surface area contributed by atoms with Crippen LogP contribution >= 0.6 is 0 Å². The SMILES string of the molecule is CN(CCOCC1CC1)CCC(N)C(=O)O. The Morgan fingerprint density at radius 3 is 2.81 bits per heavy atom. The van der Waals surface area contributed by atoms with E-state index in [-0.39, 0.29) is 0 Å². The Labute approximate surface area is 96.6 Å². The third-order valence-electron chi connectivity index (χ3n) is 2.81. The second-order valence-electron chi connectivity index (χ2n) is 4.55. The average Bonchev–Trinajstić information content (AvgIpc) is 3.04. The minimum atomic E-state index is -0.932. The van der Waals surface area contributed by atoms with E-state index in [4.69, 9.17) is 15.6 Å². The van der Waals surface area contributed by atoms with Gasteiger partial charge >= 0.3 is 5.97 Å². The first-order valence-electron chi connectivity index (χ1n) is 5.84. The van der Waals surface area contributed by atoms with Gasteiger partial charge in [-0.1, -0.05) is 0 Å². The first-order valence-corrected chi connectivity index (χ1v) is 5.84. The molecule has 0 aromatic rings. The van der Waals surface area contributed by atoms with Crippen molar-refractivity contribution in [2.24, 2.45) is 11.7 Å². The van der Waals surface area contributed by atoms with Crippen LogP contribution in [0.2, 0.25) is 0 Å². The Kier molecular flexibility index (Phi) is 5.73. The van der Waals surface area contributed by atoms with Crippen LogP contribution in [0.5, 0.6) is 0 Å². The first-order chi connectivity index (χ1) is 7.59. The number of nitrogens with two attached hydrogens (primary N) is 1. The third-order valence-corrected chi connectivity index (χ3v) is 2.81. The summed E-state index contributed by atoms with van der Waals surface area (Å²) in [5, 5.41) is 8.61. The minimum Gasteiger partial charge on any atom is -0.480 e. The zero-order valence-electron chi connectivity index (χ0n) is 9.89. The van der Waals surface area contributed by atoms with E-state index in [9.17, 15) is 4.79 Å². The fourth-order valence-electron chi connectivity index (χ4n) is 1.35. The van der Waals surface area contributed by atoms with Crippen LogP contribution in [0.3, 0.4) is 0 Å². The maximum Gasteiger partial charge on any atom is 0.320 e. The first kappa shape index (κ1) is 13.4. The van der Waals surface area contributed by atoms with Gasteiger partial charge in [0, 0.05) is 13.2 Å². The average molecular weight is 230 g/mol. The van der Waals surface area contributed by atoms with Gasteiger partial charge in [0.2, 0.25) is 0 Å². The van der Waals surface area contributed by atoms with Crippen molar-refractivity contribution in [1.29, 1.82) is 0 Å². The van der Waals surface area contributed by atoms with Crippen LogP contribution in [0.4, 0.5) is 0 Å². The van der Waals surface area contributed by atoms with Gasteiger partial charge in [-0.2, -0.15) is 0 Å². The highest BCUT2D eigenvalue weighted by Gasteiger charge is 2.21. The van der Waals surface area contributed by atoms with E-state index in [2.05, 4.69) is 4.90 Å². The largest absolute Gasteiger partial charge is 0.480 e. The summed E-state index contributed by atoms with van der Waals surface area (Å²) in [7, 11) is 1.95. The second kappa shape index (κ2) is 6.83. The molecule has 0 saturated heterocycles. The molecule has 0 bridgehead atoms. The molecule has 5 nitrogen and oxygen atoms in total. The monoisotopic (exact) mass is 230 g/mol. The third kappa shape index (κ3) is 6.05. The molecule has 1 aliphatic rings. The number of hydrogen-bond donors (Lipinski definition) is 2. The molecular formula is C11H22N2O3. The smallest absolute Gasteiger partial charge is 0.320 e. The molecule has 3 N–H and O–H groups in total. The lowest BCUT2D eigenvalue weighted by Crippen LogP contribution is -2.35. The zero-order chi connectivity index (χ0) is 12.0. The van der Waals surface area contributed by atoms with Crippen LogP contribution in [-0.4, -0.2) is 55.4 Å². The van der Waals surface area contributed by atoms with E-state index >= 15 is 0 Å². The number of ether oxygens (including phenoxy) is 1. The van der Waals surface area contributed by atoms with E-state index in [1.165, 1.54) is 12.8 Å². The molecule has 16 heavy (non-hydrogen) atoms. The maximum atomic E-state index is 10.5. The quantitative estimate of drug-likeness (QED) is 0.551. The van der Waals surface area contributed by atoms with Crippen molar-refractivity contribution in [3.8, 4) is 0 Å². The van der Waals surface area contributed by atoms with E-state index in [1.807, 2.05) is 7.05 Å². The number of nitrogens with zero attached hydrogens (tertiary/aromatic N) is 1. The van der Waals surface area contributed by atoms with Gasteiger partial charge in [-0.3, -0.25) is 4.79 Å². The van der Waals surface area contributed by atoms with Gasteiger partial charge in [0.15, 0.2) is 0 Å². The lowest BCUT2D eigenvalue weighted by atomic mass is 10.2. The van der Waals surface area contributed by atoms with Gasteiger partial charge in [0.05, 0.1) is 6.61 Å². The van der Waals surface area contributed by atoms with Crippen LogP contribution in [0.15, 0.2) is 0 Å². The second-order valence-corrected chi connectivity index (χ2v) is 4.55. The van der Waals surface area contributed by atoms with Gasteiger partial charge < -0.3 is 20.5 Å². The van der Waals surface area contributed by atoms with Crippen molar-refractivity contribution in [1.82, 2.24) is 4.90 Å². The number of carbonyl (C=O) groups is 1. The normalized spacial score (nSPS) is 17.7. The highest BCUT2D eigenvalue weighted by Crippen LogP contribution is 2.28. The van der Waals surface area contributed by atoms with Crippen LogP contribution in [-0.2, 0) is 9.53 Å². The molecule has 5 heteroatoms. The van der Waals surface area contributed by atoms with Gasteiger partial charge in [-0.15, -0.1) is 0 Å². The van der Waals surface area contributed by atoms with Crippen LogP contribution in [0, 0.1) is 5.92 Å². The van der Waals surface area contributed by atoms with Gasteiger partial charge in [-0.25, -0.2) is 0 Å². The number of rotatable bonds is 9.